The number of hydrogen-bond acceptors (Lipinski definition) is 3. The average molecular weight is 274 g/mol. The highest BCUT2D eigenvalue weighted by atomic mass is 19.1. The molecule has 0 saturated carbocycles. The number of hydrogen-bond donors (Lipinski definition) is 2. The van der Waals surface area contributed by atoms with Crippen LogP contribution in [0, 0.1) is 5.82 Å². The maximum atomic E-state index is 13.2. The SMILES string of the molecule is COc1ccc(CNC(=O)c2cc(N)cc(F)c2)cc1. The maximum absolute atomic E-state index is 13.2. The van der Waals surface area contributed by atoms with Gasteiger partial charge in [-0.05, 0) is 35.9 Å². The highest BCUT2D eigenvalue weighted by Gasteiger charge is 2.07. The molecule has 0 spiro atoms. The molecule has 0 aromatic heterocycles. The third-order valence-corrected chi connectivity index (χ3v) is 2.79. The summed E-state index contributed by atoms with van der Waals surface area (Å²) in [6.45, 7) is 0.346. The van der Waals surface area contributed by atoms with Gasteiger partial charge in [-0.25, -0.2) is 4.39 Å². The van der Waals surface area contributed by atoms with Crippen molar-refractivity contribution in [1.82, 2.24) is 5.32 Å². The number of nitrogen functional groups attached to an aromatic ring is 1. The lowest BCUT2D eigenvalue weighted by Crippen LogP contribution is -2.23. The standard InChI is InChI=1S/C15H15FN2O2/c1-20-14-4-2-10(3-5-14)9-18-15(19)11-6-12(16)8-13(17)7-11/h2-8H,9,17H2,1H3,(H,18,19). The summed E-state index contributed by atoms with van der Waals surface area (Å²) in [6.07, 6.45) is 0. The van der Waals surface area contributed by atoms with E-state index >= 15 is 0 Å². The lowest BCUT2D eigenvalue weighted by molar-refractivity contribution is 0.0950. The van der Waals surface area contributed by atoms with Crippen LogP contribution in [0.25, 0.3) is 0 Å². The highest BCUT2D eigenvalue weighted by Crippen LogP contribution is 2.13. The Bertz CT molecular complexity index is 592. The Morgan fingerprint density at radius 3 is 2.55 bits per heavy atom. The van der Waals surface area contributed by atoms with Crippen LogP contribution in [-0.4, -0.2) is 13.0 Å². The summed E-state index contributed by atoms with van der Waals surface area (Å²) >= 11 is 0. The molecule has 3 N–H and O–H groups in total. The lowest BCUT2D eigenvalue weighted by atomic mass is 10.1. The number of anilines is 1. The van der Waals surface area contributed by atoms with Crippen molar-refractivity contribution >= 4 is 11.6 Å². The van der Waals surface area contributed by atoms with Gasteiger partial charge in [-0.1, -0.05) is 12.1 Å². The van der Waals surface area contributed by atoms with Gasteiger partial charge in [-0.3, -0.25) is 4.79 Å². The van der Waals surface area contributed by atoms with Crippen LogP contribution in [-0.2, 0) is 6.54 Å². The molecule has 0 heterocycles. The minimum atomic E-state index is -0.528. The van der Waals surface area contributed by atoms with Crippen molar-refractivity contribution in [2.75, 3.05) is 12.8 Å². The summed E-state index contributed by atoms with van der Waals surface area (Å²) in [5.41, 5.74) is 6.85. The minimum absolute atomic E-state index is 0.205. The predicted octanol–water partition coefficient (Wildman–Crippen LogP) is 2.35. The molecule has 20 heavy (non-hydrogen) atoms. The lowest BCUT2D eigenvalue weighted by Gasteiger charge is -2.07. The molecule has 0 aliphatic heterocycles. The topological polar surface area (TPSA) is 64.3 Å². The van der Waals surface area contributed by atoms with Crippen LogP contribution in [0.3, 0.4) is 0 Å². The van der Waals surface area contributed by atoms with E-state index in [2.05, 4.69) is 5.32 Å². The van der Waals surface area contributed by atoms with Crippen molar-refractivity contribution in [3.05, 3.63) is 59.4 Å². The van der Waals surface area contributed by atoms with E-state index in [0.717, 1.165) is 17.4 Å². The number of carbonyl (C=O) groups is 1. The fourth-order valence-electron chi connectivity index (χ4n) is 1.77. The average Bonchev–Trinajstić information content (AvgIpc) is 2.44. The zero-order valence-corrected chi connectivity index (χ0v) is 11.0. The molecule has 4 nitrogen and oxygen atoms in total. The molecule has 0 atom stereocenters. The minimum Gasteiger partial charge on any atom is -0.497 e. The van der Waals surface area contributed by atoms with Crippen molar-refractivity contribution < 1.29 is 13.9 Å². The summed E-state index contributed by atoms with van der Waals surface area (Å²) in [4.78, 5) is 11.9. The van der Waals surface area contributed by atoms with Gasteiger partial charge in [0.25, 0.3) is 5.91 Å². The molecule has 0 saturated heterocycles. The third-order valence-electron chi connectivity index (χ3n) is 2.79. The fourth-order valence-corrected chi connectivity index (χ4v) is 1.77. The van der Waals surface area contributed by atoms with Crippen molar-refractivity contribution in [3.63, 3.8) is 0 Å². The number of methoxy groups -OCH3 is 1. The monoisotopic (exact) mass is 274 g/mol. The van der Waals surface area contributed by atoms with Gasteiger partial charge in [0.1, 0.15) is 11.6 Å². The van der Waals surface area contributed by atoms with Crippen LogP contribution in [0.1, 0.15) is 15.9 Å². The first-order valence-electron chi connectivity index (χ1n) is 6.05. The van der Waals surface area contributed by atoms with Crippen LogP contribution >= 0.6 is 0 Å². The van der Waals surface area contributed by atoms with Crippen LogP contribution in [0.2, 0.25) is 0 Å². The van der Waals surface area contributed by atoms with Gasteiger partial charge in [0.15, 0.2) is 0 Å². The molecular formula is C15H15FN2O2. The van der Waals surface area contributed by atoms with E-state index < -0.39 is 5.82 Å². The van der Waals surface area contributed by atoms with Crippen molar-refractivity contribution in [1.29, 1.82) is 0 Å². The fraction of sp³-hybridized carbons (Fsp3) is 0.133. The maximum Gasteiger partial charge on any atom is 0.251 e. The second-order valence-electron chi connectivity index (χ2n) is 4.30. The van der Waals surface area contributed by atoms with Gasteiger partial charge in [0.05, 0.1) is 7.11 Å². The molecule has 104 valence electrons. The summed E-state index contributed by atoms with van der Waals surface area (Å²) in [5, 5.41) is 2.71. The normalized spacial score (nSPS) is 10.1. The molecule has 5 heteroatoms. The van der Waals surface area contributed by atoms with Crippen LogP contribution < -0.4 is 15.8 Å². The molecular weight excluding hydrogens is 259 g/mol. The van der Waals surface area contributed by atoms with E-state index in [4.69, 9.17) is 10.5 Å². The summed E-state index contributed by atoms with van der Waals surface area (Å²) < 4.78 is 18.2. The Labute approximate surface area is 116 Å². The molecule has 0 fully saturated rings. The first-order valence-corrected chi connectivity index (χ1v) is 6.05. The number of nitrogens with one attached hydrogen (secondary N) is 1. The Balaban J connectivity index is 2.00. The summed E-state index contributed by atoms with van der Waals surface area (Å²) in [6, 6.07) is 11.1. The van der Waals surface area contributed by atoms with E-state index in [-0.39, 0.29) is 17.2 Å². The number of halogens is 1. The van der Waals surface area contributed by atoms with E-state index in [1.54, 1.807) is 7.11 Å². The molecule has 2 rings (SSSR count). The van der Waals surface area contributed by atoms with Gasteiger partial charge >= 0.3 is 0 Å². The Kier molecular flexibility index (Phi) is 4.20. The zero-order valence-electron chi connectivity index (χ0n) is 11.0. The smallest absolute Gasteiger partial charge is 0.251 e. The first kappa shape index (κ1) is 13.9. The molecule has 0 radical (unpaired) electrons. The van der Waals surface area contributed by atoms with Crippen molar-refractivity contribution in [2.45, 2.75) is 6.54 Å². The molecule has 1 amide bonds. The van der Waals surface area contributed by atoms with E-state index in [9.17, 15) is 9.18 Å². The van der Waals surface area contributed by atoms with E-state index in [1.807, 2.05) is 24.3 Å². The van der Waals surface area contributed by atoms with Gasteiger partial charge < -0.3 is 15.8 Å². The number of amides is 1. The van der Waals surface area contributed by atoms with E-state index in [1.165, 1.54) is 12.1 Å². The molecule has 2 aromatic rings. The van der Waals surface area contributed by atoms with Crippen LogP contribution in [0.4, 0.5) is 10.1 Å². The predicted molar refractivity (Wildman–Crippen MR) is 75.0 cm³/mol. The Morgan fingerprint density at radius 2 is 1.95 bits per heavy atom. The van der Waals surface area contributed by atoms with Gasteiger partial charge in [-0.2, -0.15) is 0 Å². The highest BCUT2D eigenvalue weighted by molar-refractivity contribution is 5.95. The molecule has 0 unspecified atom stereocenters. The Hall–Kier alpha value is -2.56. The summed E-state index contributed by atoms with van der Waals surface area (Å²) in [7, 11) is 1.59. The number of carbonyl (C=O) groups excluding carboxylic acids is 1. The number of ether oxygens (including phenoxy) is 1. The number of benzene rings is 2. The Morgan fingerprint density at radius 1 is 1.25 bits per heavy atom. The molecule has 2 aromatic carbocycles. The van der Waals surface area contributed by atoms with Crippen molar-refractivity contribution in [3.8, 4) is 5.75 Å². The first-order chi connectivity index (χ1) is 9.58. The third kappa shape index (κ3) is 3.47. The number of rotatable bonds is 4. The molecule has 0 aliphatic rings. The quantitative estimate of drug-likeness (QED) is 0.841. The second-order valence-corrected chi connectivity index (χ2v) is 4.30. The van der Waals surface area contributed by atoms with Gasteiger partial charge in [0, 0.05) is 17.8 Å². The van der Waals surface area contributed by atoms with Crippen LogP contribution in [0.15, 0.2) is 42.5 Å². The van der Waals surface area contributed by atoms with Crippen molar-refractivity contribution in [2.24, 2.45) is 0 Å². The van der Waals surface area contributed by atoms with Gasteiger partial charge in [-0.15, -0.1) is 0 Å². The van der Waals surface area contributed by atoms with Gasteiger partial charge in [0.2, 0.25) is 0 Å². The van der Waals surface area contributed by atoms with E-state index in [0.29, 0.717) is 6.54 Å². The van der Waals surface area contributed by atoms with Crippen LogP contribution in [0.5, 0.6) is 5.75 Å². The number of nitrogens with two attached hydrogens (primary N) is 1. The summed E-state index contributed by atoms with van der Waals surface area (Å²) in [5.74, 6) is -0.149. The second kappa shape index (κ2) is 6.06. The molecule has 0 bridgehead atoms. The largest absolute Gasteiger partial charge is 0.497 e. The zero-order chi connectivity index (χ0) is 14.5. The molecule has 0 aliphatic carbocycles.